The molecule has 2 aromatic rings. The van der Waals surface area contributed by atoms with Crippen molar-refractivity contribution in [3.8, 4) is 11.5 Å². The van der Waals surface area contributed by atoms with Crippen LogP contribution in [0.5, 0.6) is 11.5 Å². The lowest BCUT2D eigenvalue weighted by Gasteiger charge is -2.24. The number of ether oxygens (including phenoxy) is 1. The van der Waals surface area contributed by atoms with Gasteiger partial charge in [0.25, 0.3) is 0 Å². The maximum Gasteiger partial charge on any atom is 0.127 e. The summed E-state index contributed by atoms with van der Waals surface area (Å²) >= 11 is 0. The molecule has 140 valence electrons. The Morgan fingerprint density at radius 1 is 1.04 bits per heavy atom. The van der Waals surface area contributed by atoms with E-state index in [4.69, 9.17) is 10.5 Å². The highest BCUT2D eigenvalue weighted by molar-refractivity contribution is 5.63. The van der Waals surface area contributed by atoms with E-state index in [1.165, 1.54) is 0 Å². The van der Waals surface area contributed by atoms with Crippen molar-refractivity contribution in [3.05, 3.63) is 65.7 Å². The first kappa shape index (κ1) is 20.0. The van der Waals surface area contributed by atoms with Crippen molar-refractivity contribution in [2.24, 2.45) is 5.73 Å². The fourth-order valence-corrected chi connectivity index (χ4v) is 2.62. The van der Waals surface area contributed by atoms with Crippen LogP contribution in [0.2, 0.25) is 0 Å². The Morgan fingerprint density at radius 3 is 2.04 bits per heavy atom. The highest BCUT2D eigenvalue weighted by Crippen LogP contribution is 2.24. The van der Waals surface area contributed by atoms with Crippen LogP contribution in [-0.4, -0.2) is 36.0 Å². The number of aryl methyl sites for hydroxylation is 1. The first-order valence-electron chi connectivity index (χ1n) is 8.75. The molecule has 2 aromatic carbocycles. The van der Waals surface area contributed by atoms with Crippen LogP contribution in [0.1, 0.15) is 24.5 Å². The first-order chi connectivity index (χ1) is 12.5. The second kappa shape index (κ2) is 9.38. The molecule has 5 nitrogen and oxygen atoms in total. The van der Waals surface area contributed by atoms with E-state index in [1.807, 2.05) is 68.6 Å². The zero-order chi connectivity index (χ0) is 19.0. The fraction of sp³-hybridized carbons (Fsp3) is 0.333. The van der Waals surface area contributed by atoms with Gasteiger partial charge in [-0.2, -0.15) is 0 Å². The quantitative estimate of drug-likeness (QED) is 0.555. The highest BCUT2D eigenvalue weighted by Gasteiger charge is 2.22. The molecule has 0 aliphatic rings. The van der Waals surface area contributed by atoms with Gasteiger partial charge < -0.3 is 26.0 Å². The number of benzene rings is 2. The van der Waals surface area contributed by atoms with E-state index in [1.54, 1.807) is 0 Å². The Hall–Kier alpha value is -2.34. The molecule has 0 saturated heterocycles. The van der Waals surface area contributed by atoms with E-state index in [2.05, 4.69) is 5.32 Å². The second-order valence-corrected chi connectivity index (χ2v) is 6.40. The van der Waals surface area contributed by atoms with Gasteiger partial charge >= 0.3 is 0 Å². The lowest BCUT2D eigenvalue weighted by molar-refractivity contribution is 0.115. The maximum absolute atomic E-state index is 9.24. The molecule has 0 bridgehead atoms. The number of allylic oxidation sites excluding steroid dienone is 1. The summed E-state index contributed by atoms with van der Waals surface area (Å²) in [5.74, 6) is 1.53. The van der Waals surface area contributed by atoms with Crippen molar-refractivity contribution in [2.75, 3.05) is 20.3 Å². The number of aliphatic hydroxyl groups excluding tert-OH is 2. The predicted octanol–water partition coefficient (Wildman–Crippen LogP) is 2.67. The number of nitrogens with one attached hydrogen (secondary N) is 1. The highest BCUT2D eigenvalue weighted by atomic mass is 16.5. The summed E-state index contributed by atoms with van der Waals surface area (Å²) in [6, 6.07) is 15.7. The van der Waals surface area contributed by atoms with Gasteiger partial charge in [0.1, 0.15) is 11.5 Å². The van der Waals surface area contributed by atoms with Gasteiger partial charge in [0, 0.05) is 12.7 Å². The monoisotopic (exact) mass is 356 g/mol. The molecule has 0 heterocycles. The van der Waals surface area contributed by atoms with E-state index < -0.39 is 5.54 Å². The summed E-state index contributed by atoms with van der Waals surface area (Å²) in [5.41, 5.74) is 8.22. The average Bonchev–Trinajstić information content (AvgIpc) is 2.69. The topological polar surface area (TPSA) is 87.7 Å². The van der Waals surface area contributed by atoms with Crippen LogP contribution in [0.3, 0.4) is 0 Å². The normalized spacial score (nSPS) is 12.1. The van der Waals surface area contributed by atoms with Crippen LogP contribution < -0.4 is 15.8 Å². The van der Waals surface area contributed by atoms with Gasteiger partial charge in [0.15, 0.2) is 0 Å². The van der Waals surface area contributed by atoms with Crippen molar-refractivity contribution in [2.45, 2.75) is 25.3 Å². The van der Waals surface area contributed by atoms with Gasteiger partial charge in [-0.1, -0.05) is 18.2 Å². The summed E-state index contributed by atoms with van der Waals surface area (Å²) in [5, 5.41) is 21.6. The molecule has 0 unspecified atom stereocenters. The third-order valence-electron chi connectivity index (χ3n) is 4.42. The Morgan fingerprint density at radius 2 is 1.58 bits per heavy atom. The Balaban J connectivity index is 1.97. The number of aliphatic hydroxyl groups is 2. The summed E-state index contributed by atoms with van der Waals surface area (Å²) in [4.78, 5) is 0. The Bertz CT molecular complexity index is 705. The Labute approximate surface area is 155 Å². The predicted molar refractivity (Wildman–Crippen MR) is 105 cm³/mol. The van der Waals surface area contributed by atoms with Crippen LogP contribution in [0.4, 0.5) is 0 Å². The van der Waals surface area contributed by atoms with Crippen molar-refractivity contribution in [3.63, 3.8) is 0 Å². The smallest absolute Gasteiger partial charge is 0.127 e. The fourth-order valence-electron chi connectivity index (χ4n) is 2.62. The molecule has 0 atom stereocenters. The lowest BCUT2D eigenvalue weighted by Crippen LogP contribution is -2.47. The third kappa shape index (κ3) is 5.33. The summed E-state index contributed by atoms with van der Waals surface area (Å²) in [6.07, 6.45) is 3.22. The number of hydrogen-bond acceptors (Lipinski definition) is 5. The van der Waals surface area contributed by atoms with E-state index in [-0.39, 0.29) is 13.2 Å². The van der Waals surface area contributed by atoms with E-state index in [0.717, 1.165) is 28.3 Å². The minimum atomic E-state index is -0.934. The summed E-state index contributed by atoms with van der Waals surface area (Å²) < 4.78 is 5.88. The third-order valence-corrected chi connectivity index (χ3v) is 4.42. The largest absolute Gasteiger partial charge is 0.457 e. The standard InChI is InChI=1S/C21H28N2O3/c1-3-20(23-2)17-6-10-19(11-7-17)26-18-8-4-16(5-9-18)12-13-21(22,14-24)15-25/h3-11,23-25H,12-15,22H2,1-2H3/b20-3-. The zero-order valence-corrected chi connectivity index (χ0v) is 15.4. The number of nitrogens with two attached hydrogens (primary N) is 1. The van der Waals surface area contributed by atoms with Crippen molar-refractivity contribution in [1.29, 1.82) is 0 Å². The molecule has 2 rings (SSSR count). The molecular weight excluding hydrogens is 328 g/mol. The minimum absolute atomic E-state index is 0.233. The van der Waals surface area contributed by atoms with Crippen LogP contribution in [0.25, 0.3) is 5.70 Å². The van der Waals surface area contributed by atoms with E-state index >= 15 is 0 Å². The van der Waals surface area contributed by atoms with Gasteiger partial charge in [-0.25, -0.2) is 0 Å². The van der Waals surface area contributed by atoms with Crippen LogP contribution >= 0.6 is 0 Å². The van der Waals surface area contributed by atoms with Crippen molar-refractivity contribution >= 4 is 5.70 Å². The minimum Gasteiger partial charge on any atom is -0.457 e. The van der Waals surface area contributed by atoms with E-state index in [9.17, 15) is 10.2 Å². The summed E-state index contributed by atoms with van der Waals surface area (Å²) in [6.45, 7) is 1.53. The SMILES string of the molecule is C/C=C(\NC)c1ccc(Oc2ccc(CCC(N)(CO)CO)cc2)cc1. The van der Waals surface area contributed by atoms with Gasteiger partial charge in [-0.15, -0.1) is 0 Å². The molecule has 0 spiro atoms. The molecule has 0 radical (unpaired) electrons. The molecule has 0 saturated carbocycles. The molecule has 5 N–H and O–H groups in total. The molecule has 26 heavy (non-hydrogen) atoms. The summed E-state index contributed by atoms with van der Waals surface area (Å²) in [7, 11) is 1.90. The van der Waals surface area contributed by atoms with Gasteiger partial charge in [-0.05, 0) is 67.3 Å². The van der Waals surface area contributed by atoms with Crippen LogP contribution in [-0.2, 0) is 6.42 Å². The molecular formula is C21H28N2O3. The number of rotatable bonds is 9. The molecule has 5 heteroatoms. The van der Waals surface area contributed by atoms with Crippen molar-refractivity contribution in [1.82, 2.24) is 5.32 Å². The molecule has 0 amide bonds. The zero-order valence-electron chi connectivity index (χ0n) is 15.4. The first-order valence-corrected chi connectivity index (χ1v) is 8.75. The number of hydrogen-bond donors (Lipinski definition) is 4. The molecule has 0 aliphatic carbocycles. The molecule has 0 aromatic heterocycles. The average molecular weight is 356 g/mol. The molecule has 0 aliphatic heterocycles. The van der Waals surface area contributed by atoms with Gasteiger partial charge in [0.05, 0.1) is 18.8 Å². The van der Waals surface area contributed by atoms with Crippen LogP contribution in [0, 0.1) is 0 Å². The van der Waals surface area contributed by atoms with Gasteiger partial charge in [-0.3, -0.25) is 0 Å². The molecule has 0 fully saturated rings. The Kier molecular flexibility index (Phi) is 7.21. The maximum atomic E-state index is 9.24. The lowest BCUT2D eigenvalue weighted by atomic mass is 9.94. The van der Waals surface area contributed by atoms with Crippen molar-refractivity contribution < 1.29 is 14.9 Å². The van der Waals surface area contributed by atoms with E-state index in [0.29, 0.717) is 12.8 Å². The second-order valence-electron chi connectivity index (χ2n) is 6.40. The van der Waals surface area contributed by atoms with Gasteiger partial charge in [0.2, 0.25) is 0 Å². The van der Waals surface area contributed by atoms with Crippen LogP contribution in [0.15, 0.2) is 54.6 Å².